The predicted octanol–water partition coefficient (Wildman–Crippen LogP) is 3.30. The van der Waals surface area contributed by atoms with Crippen LogP contribution in [0.25, 0.3) is 0 Å². The summed E-state index contributed by atoms with van der Waals surface area (Å²) < 4.78 is 26.3. The number of hydrogen-bond donors (Lipinski definition) is 1. The molecule has 0 bridgehead atoms. The zero-order chi connectivity index (χ0) is 19.2. The Balaban J connectivity index is 2.05. The number of nitrogens with zero attached hydrogens (tertiary/aromatic N) is 1. The fourth-order valence-electron chi connectivity index (χ4n) is 2.56. The van der Waals surface area contributed by atoms with E-state index in [0.717, 1.165) is 21.2 Å². The van der Waals surface area contributed by atoms with Gasteiger partial charge >= 0.3 is 0 Å². The average Bonchev–Trinajstić information content (AvgIpc) is 2.66. The Morgan fingerprint density at radius 2 is 1.73 bits per heavy atom. The van der Waals surface area contributed by atoms with Crippen LogP contribution >= 0.6 is 11.8 Å². The molecule has 7 heteroatoms. The lowest BCUT2D eigenvalue weighted by Gasteiger charge is -2.21. The first-order valence-corrected chi connectivity index (χ1v) is 11.0. The van der Waals surface area contributed by atoms with Gasteiger partial charge < -0.3 is 5.32 Å². The summed E-state index contributed by atoms with van der Waals surface area (Å²) in [6.07, 6.45) is 2.65. The van der Waals surface area contributed by atoms with Crippen molar-refractivity contribution in [3.05, 3.63) is 60.2 Å². The second-order valence-electron chi connectivity index (χ2n) is 5.88. The van der Waals surface area contributed by atoms with Gasteiger partial charge in [0.1, 0.15) is 0 Å². The van der Waals surface area contributed by atoms with Crippen molar-refractivity contribution < 1.29 is 13.2 Å². The highest BCUT2D eigenvalue weighted by molar-refractivity contribution is 7.98. The number of likely N-dealkylation sites (N-methyl/N-ethyl adjacent to an activating group) is 1. The van der Waals surface area contributed by atoms with E-state index < -0.39 is 10.0 Å². The van der Waals surface area contributed by atoms with Gasteiger partial charge in [-0.2, -0.15) is 4.31 Å². The van der Waals surface area contributed by atoms with Gasteiger partial charge in [-0.05, 0) is 42.5 Å². The van der Waals surface area contributed by atoms with Crippen molar-refractivity contribution in [1.29, 1.82) is 0 Å². The molecule has 2 aromatic rings. The van der Waals surface area contributed by atoms with Crippen molar-refractivity contribution in [3.8, 4) is 0 Å². The summed E-state index contributed by atoms with van der Waals surface area (Å²) in [6, 6.07) is 16.1. The number of amides is 1. The molecule has 0 heterocycles. The maximum absolute atomic E-state index is 12.6. The first kappa shape index (κ1) is 20.5. The van der Waals surface area contributed by atoms with E-state index in [4.69, 9.17) is 0 Å². The number of nitrogens with one attached hydrogen (secondary N) is 1. The summed E-state index contributed by atoms with van der Waals surface area (Å²) in [5.74, 6) is -0.326. The Labute approximate surface area is 159 Å². The maximum atomic E-state index is 12.6. The van der Waals surface area contributed by atoms with Crippen LogP contribution in [0.5, 0.6) is 0 Å². The topological polar surface area (TPSA) is 66.5 Å². The number of benzene rings is 2. The Hall–Kier alpha value is -1.83. The molecule has 0 fully saturated rings. The Bertz CT molecular complexity index is 822. The molecule has 0 aromatic heterocycles. The molecule has 2 rings (SSSR count). The molecule has 1 N–H and O–H groups in total. The summed E-state index contributed by atoms with van der Waals surface area (Å²) in [5, 5.41) is 2.91. The molecule has 0 saturated carbocycles. The van der Waals surface area contributed by atoms with Crippen LogP contribution in [0.3, 0.4) is 0 Å². The lowest BCUT2D eigenvalue weighted by atomic mass is 10.0. The van der Waals surface area contributed by atoms with Gasteiger partial charge in [0.05, 0.1) is 17.5 Å². The van der Waals surface area contributed by atoms with Crippen molar-refractivity contribution in [1.82, 2.24) is 9.62 Å². The minimum absolute atomic E-state index is 0.138. The van der Waals surface area contributed by atoms with Crippen LogP contribution in [-0.2, 0) is 14.8 Å². The SMILES string of the molecule is CC[C@H](NC(=O)CN(C)S(=O)(=O)c1ccc(SC)cc1)c1ccccc1. The van der Waals surface area contributed by atoms with E-state index in [0.29, 0.717) is 0 Å². The summed E-state index contributed by atoms with van der Waals surface area (Å²) in [6.45, 7) is 1.75. The molecule has 5 nitrogen and oxygen atoms in total. The number of carbonyl (C=O) groups is 1. The number of rotatable bonds is 8. The van der Waals surface area contributed by atoms with E-state index in [2.05, 4.69) is 5.32 Å². The van der Waals surface area contributed by atoms with Crippen LogP contribution in [-0.4, -0.2) is 38.5 Å². The Morgan fingerprint density at radius 1 is 1.12 bits per heavy atom. The molecule has 2 aromatic carbocycles. The molecular weight excluding hydrogens is 368 g/mol. The highest BCUT2D eigenvalue weighted by Gasteiger charge is 2.24. The second-order valence-corrected chi connectivity index (χ2v) is 8.80. The molecular formula is C19H24N2O3S2. The van der Waals surface area contributed by atoms with E-state index in [1.807, 2.05) is 43.5 Å². The van der Waals surface area contributed by atoms with Gasteiger partial charge in [0.2, 0.25) is 15.9 Å². The Kier molecular flexibility index (Phi) is 7.25. The monoisotopic (exact) mass is 392 g/mol. The van der Waals surface area contributed by atoms with Gasteiger partial charge in [0, 0.05) is 11.9 Å². The number of sulfonamides is 1. The lowest BCUT2D eigenvalue weighted by Crippen LogP contribution is -2.39. The predicted molar refractivity (Wildman–Crippen MR) is 106 cm³/mol. The third kappa shape index (κ3) is 5.09. The van der Waals surface area contributed by atoms with Crippen LogP contribution in [0.4, 0.5) is 0 Å². The summed E-state index contributed by atoms with van der Waals surface area (Å²) in [5.41, 5.74) is 1.00. The number of hydrogen-bond acceptors (Lipinski definition) is 4. The van der Waals surface area contributed by atoms with Crippen molar-refractivity contribution in [2.75, 3.05) is 19.8 Å². The van der Waals surface area contributed by atoms with Gasteiger partial charge in [-0.3, -0.25) is 4.79 Å². The molecule has 1 amide bonds. The molecule has 26 heavy (non-hydrogen) atoms. The minimum Gasteiger partial charge on any atom is -0.348 e. The van der Waals surface area contributed by atoms with E-state index in [9.17, 15) is 13.2 Å². The molecule has 1 atom stereocenters. The van der Waals surface area contributed by atoms with Crippen molar-refractivity contribution in [3.63, 3.8) is 0 Å². The standard InChI is InChI=1S/C19H24N2O3S2/c1-4-18(15-8-6-5-7-9-15)20-19(22)14-21(2)26(23,24)17-12-10-16(25-3)11-13-17/h5-13,18H,4,14H2,1-3H3,(H,20,22)/t18-/m0/s1. The normalized spacial score (nSPS) is 12.8. The van der Waals surface area contributed by atoms with E-state index >= 15 is 0 Å². The van der Waals surface area contributed by atoms with Crippen LogP contribution in [0.2, 0.25) is 0 Å². The van der Waals surface area contributed by atoms with Crippen molar-refractivity contribution in [2.45, 2.75) is 29.2 Å². The highest BCUT2D eigenvalue weighted by Crippen LogP contribution is 2.20. The molecule has 0 unspecified atom stereocenters. The Morgan fingerprint density at radius 3 is 2.27 bits per heavy atom. The minimum atomic E-state index is -3.70. The van der Waals surface area contributed by atoms with Crippen LogP contribution in [0, 0.1) is 0 Å². The summed E-state index contributed by atoms with van der Waals surface area (Å²) >= 11 is 1.54. The number of thioether (sulfide) groups is 1. The molecule has 0 spiro atoms. The third-order valence-corrected chi connectivity index (χ3v) is 6.64. The van der Waals surface area contributed by atoms with Crippen molar-refractivity contribution in [2.24, 2.45) is 0 Å². The van der Waals surface area contributed by atoms with Gasteiger partial charge in [-0.15, -0.1) is 11.8 Å². The fourth-order valence-corrected chi connectivity index (χ4v) is 4.10. The van der Waals surface area contributed by atoms with E-state index in [1.54, 1.807) is 36.0 Å². The second kappa shape index (κ2) is 9.21. The smallest absolute Gasteiger partial charge is 0.243 e. The molecule has 140 valence electrons. The van der Waals surface area contributed by atoms with E-state index in [-0.39, 0.29) is 23.4 Å². The van der Waals surface area contributed by atoms with Gasteiger partial charge in [-0.25, -0.2) is 8.42 Å². The average molecular weight is 393 g/mol. The van der Waals surface area contributed by atoms with Gasteiger partial charge in [-0.1, -0.05) is 37.3 Å². The maximum Gasteiger partial charge on any atom is 0.243 e. The van der Waals surface area contributed by atoms with Gasteiger partial charge in [0.25, 0.3) is 0 Å². The first-order chi connectivity index (χ1) is 12.4. The molecule has 0 aliphatic rings. The van der Waals surface area contributed by atoms with Crippen molar-refractivity contribution >= 4 is 27.7 Å². The van der Waals surface area contributed by atoms with Crippen LogP contribution in [0.15, 0.2) is 64.4 Å². The van der Waals surface area contributed by atoms with E-state index in [1.165, 1.54) is 7.05 Å². The largest absolute Gasteiger partial charge is 0.348 e. The highest BCUT2D eigenvalue weighted by atomic mass is 32.2. The first-order valence-electron chi connectivity index (χ1n) is 8.33. The quantitative estimate of drug-likeness (QED) is 0.700. The molecule has 0 radical (unpaired) electrons. The van der Waals surface area contributed by atoms with Crippen LogP contribution < -0.4 is 5.32 Å². The zero-order valence-corrected chi connectivity index (χ0v) is 16.8. The van der Waals surface area contributed by atoms with Gasteiger partial charge in [0.15, 0.2) is 0 Å². The zero-order valence-electron chi connectivity index (χ0n) is 15.2. The summed E-state index contributed by atoms with van der Waals surface area (Å²) in [4.78, 5) is 13.5. The molecule has 0 aliphatic heterocycles. The summed E-state index contributed by atoms with van der Waals surface area (Å²) in [7, 11) is -2.29. The lowest BCUT2D eigenvalue weighted by molar-refractivity contribution is -0.121. The molecule has 0 saturated heterocycles. The molecule has 0 aliphatic carbocycles. The third-order valence-electron chi connectivity index (χ3n) is 4.08. The number of carbonyl (C=O) groups excluding carboxylic acids is 1. The fraction of sp³-hybridized carbons (Fsp3) is 0.316. The van der Waals surface area contributed by atoms with Crippen LogP contribution in [0.1, 0.15) is 24.9 Å².